The normalized spacial score (nSPS) is 18.5. The Labute approximate surface area is 167 Å². The maximum absolute atomic E-state index is 13.3. The van der Waals surface area contributed by atoms with Crippen LogP contribution in [0.5, 0.6) is 0 Å². The lowest BCUT2D eigenvalue weighted by atomic mass is 10.1. The molecule has 4 rings (SSSR count). The van der Waals surface area contributed by atoms with Gasteiger partial charge in [0, 0.05) is 50.0 Å². The van der Waals surface area contributed by atoms with Gasteiger partial charge in [0.15, 0.2) is 0 Å². The molecule has 1 fully saturated rings. The van der Waals surface area contributed by atoms with Crippen molar-refractivity contribution in [2.24, 2.45) is 0 Å². The van der Waals surface area contributed by atoms with Crippen molar-refractivity contribution in [2.45, 2.75) is 6.54 Å². The average Bonchev–Trinajstić information content (AvgIpc) is 3.32. The lowest BCUT2D eigenvalue weighted by Gasteiger charge is -2.36. The second kappa shape index (κ2) is 8.22. The highest BCUT2D eigenvalue weighted by Gasteiger charge is 2.42. The van der Waals surface area contributed by atoms with Crippen LogP contribution in [0.25, 0.3) is 5.57 Å². The van der Waals surface area contributed by atoms with Gasteiger partial charge in [-0.2, -0.15) is 0 Å². The Morgan fingerprint density at radius 1 is 1.07 bits per heavy atom. The van der Waals surface area contributed by atoms with Gasteiger partial charge >= 0.3 is 0 Å². The van der Waals surface area contributed by atoms with Crippen LogP contribution < -0.4 is 0 Å². The Morgan fingerprint density at radius 3 is 2.54 bits per heavy atom. The topological polar surface area (TPSA) is 77.0 Å². The highest BCUT2D eigenvalue weighted by Crippen LogP contribution is 2.35. The Balaban J connectivity index is 1.63. The van der Waals surface area contributed by atoms with Gasteiger partial charge < -0.3 is 10.0 Å². The molecule has 0 radical (unpaired) electrons. The number of aliphatic hydroxyl groups excluding tert-OH is 1. The van der Waals surface area contributed by atoms with E-state index in [0.29, 0.717) is 30.9 Å². The molecule has 2 aliphatic heterocycles. The highest BCUT2D eigenvalue weighted by molar-refractivity contribution is 7.11. The van der Waals surface area contributed by atoms with E-state index in [0.717, 1.165) is 23.5 Å². The first-order valence-corrected chi connectivity index (χ1v) is 10.2. The summed E-state index contributed by atoms with van der Waals surface area (Å²) >= 11 is 1.47. The first kappa shape index (κ1) is 18.8. The Hall–Kier alpha value is -2.55. The van der Waals surface area contributed by atoms with E-state index in [9.17, 15) is 9.59 Å². The number of β-amino-alcohol motifs (C(OH)–C–C–N with tert-alkyl or cyclic N) is 1. The van der Waals surface area contributed by atoms with E-state index in [2.05, 4.69) is 9.88 Å². The number of amides is 2. The van der Waals surface area contributed by atoms with Gasteiger partial charge in [-0.15, -0.1) is 11.3 Å². The molecule has 2 aromatic rings. The minimum absolute atomic E-state index is 0.124. The van der Waals surface area contributed by atoms with E-state index in [-0.39, 0.29) is 25.0 Å². The Morgan fingerprint density at radius 2 is 1.89 bits per heavy atom. The van der Waals surface area contributed by atoms with Crippen LogP contribution in [0.4, 0.5) is 0 Å². The van der Waals surface area contributed by atoms with E-state index in [4.69, 9.17) is 5.11 Å². The summed E-state index contributed by atoms with van der Waals surface area (Å²) in [6.07, 6.45) is 3.35. The number of imide groups is 1. The molecule has 0 atom stereocenters. The van der Waals surface area contributed by atoms with E-state index in [1.54, 1.807) is 18.5 Å². The summed E-state index contributed by atoms with van der Waals surface area (Å²) in [6, 6.07) is 7.45. The van der Waals surface area contributed by atoms with Gasteiger partial charge in [-0.05, 0) is 23.1 Å². The van der Waals surface area contributed by atoms with Crippen LogP contribution in [0, 0.1) is 0 Å². The summed E-state index contributed by atoms with van der Waals surface area (Å²) in [5.41, 5.74) is 1.82. The number of carbonyl (C=O) groups is 2. The number of pyridine rings is 1. The van der Waals surface area contributed by atoms with Crippen LogP contribution in [0.3, 0.4) is 0 Å². The number of rotatable bonds is 6. The molecule has 0 saturated carbocycles. The van der Waals surface area contributed by atoms with Crippen molar-refractivity contribution in [3.63, 3.8) is 0 Å². The zero-order chi connectivity index (χ0) is 19.5. The molecule has 0 spiro atoms. The molecule has 1 saturated heterocycles. The number of carbonyl (C=O) groups excluding carboxylic acids is 2. The third-order valence-electron chi connectivity index (χ3n) is 5.08. The third-order valence-corrected chi connectivity index (χ3v) is 5.97. The van der Waals surface area contributed by atoms with Gasteiger partial charge in [-0.3, -0.25) is 24.4 Å². The number of aliphatic hydroxyl groups is 1. The van der Waals surface area contributed by atoms with Crippen LogP contribution in [0.1, 0.15) is 10.4 Å². The van der Waals surface area contributed by atoms with E-state index in [1.165, 1.54) is 16.2 Å². The molecule has 2 aromatic heterocycles. The summed E-state index contributed by atoms with van der Waals surface area (Å²) in [4.78, 5) is 36.9. The first-order valence-electron chi connectivity index (χ1n) is 9.30. The number of thiophene rings is 1. The predicted octanol–water partition coefficient (Wildman–Crippen LogP) is 1.03. The van der Waals surface area contributed by atoms with Gasteiger partial charge in [0.25, 0.3) is 11.8 Å². The molecular weight excluding hydrogens is 376 g/mol. The third kappa shape index (κ3) is 3.58. The predicted molar refractivity (Wildman–Crippen MR) is 106 cm³/mol. The second-order valence-corrected chi connectivity index (χ2v) is 7.76. The highest BCUT2D eigenvalue weighted by atomic mass is 32.1. The lowest BCUT2D eigenvalue weighted by Crippen LogP contribution is -2.48. The van der Waals surface area contributed by atoms with E-state index >= 15 is 0 Å². The summed E-state index contributed by atoms with van der Waals surface area (Å²) in [5.74, 6) is -0.489. The zero-order valence-electron chi connectivity index (χ0n) is 15.5. The Kier molecular flexibility index (Phi) is 5.52. The minimum Gasteiger partial charge on any atom is -0.395 e. The van der Waals surface area contributed by atoms with Crippen LogP contribution in [-0.4, -0.2) is 75.9 Å². The summed E-state index contributed by atoms with van der Waals surface area (Å²) < 4.78 is 0. The van der Waals surface area contributed by atoms with Gasteiger partial charge in [0.2, 0.25) is 0 Å². The van der Waals surface area contributed by atoms with Gasteiger partial charge in [-0.1, -0.05) is 12.1 Å². The van der Waals surface area contributed by atoms with E-state index in [1.807, 2.05) is 28.5 Å². The second-order valence-electron chi connectivity index (χ2n) is 6.81. The number of aromatic nitrogens is 1. The molecule has 4 heterocycles. The fraction of sp³-hybridized carbons (Fsp3) is 0.350. The van der Waals surface area contributed by atoms with Gasteiger partial charge in [-0.25, -0.2) is 0 Å². The van der Waals surface area contributed by atoms with E-state index < -0.39 is 0 Å². The molecule has 1 N–H and O–H groups in total. The molecule has 8 heteroatoms. The molecule has 0 aromatic carbocycles. The van der Waals surface area contributed by atoms with Crippen molar-refractivity contribution in [3.8, 4) is 0 Å². The molecule has 0 unspecified atom stereocenters. The summed E-state index contributed by atoms with van der Waals surface area (Å²) in [7, 11) is 0. The molecule has 0 bridgehead atoms. The molecule has 7 nitrogen and oxygen atoms in total. The monoisotopic (exact) mass is 398 g/mol. The molecule has 28 heavy (non-hydrogen) atoms. The van der Waals surface area contributed by atoms with Crippen LogP contribution in [-0.2, 0) is 16.1 Å². The van der Waals surface area contributed by atoms with Crippen LogP contribution >= 0.6 is 11.3 Å². The van der Waals surface area contributed by atoms with Crippen molar-refractivity contribution in [3.05, 3.63) is 58.2 Å². The first-order chi connectivity index (χ1) is 13.7. The molecule has 146 valence electrons. The maximum Gasteiger partial charge on any atom is 0.278 e. The average molecular weight is 398 g/mol. The number of hydrogen-bond acceptors (Lipinski definition) is 7. The maximum atomic E-state index is 13.3. The number of hydrogen-bond donors (Lipinski definition) is 1. The largest absolute Gasteiger partial charge is 0.395 e. The molecule has 2 amide bonds. The van der Waals surface area contributed by atoms with Gasteiger partial charge in [0.05, 0.1) is 18.7 Å². The van der Waals surface area contributed by atoms with Crippen LogP contribution in [0.15, 0.2) is 47.7 Å². The lowest BCUT2D eigenvalue weighted by molar-refractivity contribution is -0.138. The SMILES string of the molecule is O=C1C(c2cccs2)=C(N2CCN(CCO)CC2)C(=O)N1Cc1cccnc1. The molecule has 0 aliphatic carbocycles. The van der Waals surface area contributed by atoms with Crippen molar-refractivity contribution < 1.29 is 14.7 Å². The Bertz CT molecular complexity index is 874. The van der Waals surface area contributed by atoms with Crippen molar-refractivity contribution in [1.29, 1.82) is 0 Å². The van der Waals surface area contributed by atoms with Crippen molar-refractivity contribution in [1.82, 2.24) is 19.7 Å². The summed E-state index contributed by atoms with van der Waals surface area (Å²) in [5, 5.41) is 11.1. The number of piperazine rings is 1. The zero-order valence-corrected chi connectivity index (χ0v) is 16.3. The molecule has 2 aliphatic rings. The standard InChI is InChI=1S/C20H22N4O3S/c25-11-10-22-6-8-23(9-7-22)18-17(16-4-2-12-28-16)19(26)24(20(18)27)14-15-3-1-5-21-13-15/h1-5,12-13,25H,6-11,14H2. The van der Waals surface area contributed by atoms with Crippen LogP contribution in [0.2, 0.25) is 0 Å². The fourth-order valence-electron chi connectivity index (χ4n) is 3.65. The summed E-state index contributed by atoms with van der Waals surface area (Å²) in [6.45, 7) is 3.80. The minimum atomic E-state index is -0.246. The number of nitrogens with zero attached hydrogens (tertiary/aromatic N) is 4. The fourth-order valence-corrected chi connectivity index (χ4v) is 4.42. The van der Waals surface area contributed by atoms with Crippen molar-refractivity contribution in [2.75, 3.05) is 39.3 Å². The van der Waals surface area contributed by atoms with Crippen molar-refractivity contribution >= 4 is 28.7 Å². The quantitative estimate of drug-likeness (QED) is 0.733. The smallest absolute Gasteiger partial charge is 0.278 e. The molecular formula is C20H22N4O3S. The van der Waals surface area contributed by atoms with Gasteiger partial charge in [0.1, 0.15) is 5.70 Å².